The molecule has 0 aromatic carbocycles. The molecule has 1 unspecified atom stereocenters. The van der Waals surface area contributed by atoms with E-state index in [1.54, 1.807) is 11.8 Å². The number of nitrogens with one attached hydrogen (secondary N) is 1. The van der Waals surface area contributed by atoms with E-state index in [4.69, 9.17) is 5.11 Å². The van der Waals surface area contributed by atoms with Gasteiger partial charge in [-0.3, -0.25) is 4.79 Å². The molecule has 0 aliphatic carbocycles. The standard InChI is InChI=1S/C6H13NO2S/c1-5(4-10-2)7-3-6(8)9/h5,7H,3-4H2,1-2H3,(H,8,9). The predicted octanol–water partition coefficient (Wildman–Crippen LogP) is 0.412. The van der Waals surface area contributed by atoms with Gasteiger partial charge < -0.3 is 10.4 Å². The van der Waals surface area contributed by atoms with Crippen LogP contribution >= 0.6 is 11.8 Å². The normalized spacial score (nSPS) is 13.0. The summed E-state index contributed by atoms with van der Waals surface area (Å²) < 4.78 is 0. The lowest BCUT2D eigenvalue weighted by Gasteiger charge is -2.08. The topological polar surface area (TPSA) is 49.3 Å². The Morgan fingerprint density at radius 1 is 1.80 bits per heavy atom. The Hall–Kier alpha value is -0.220. The van der Waals surface area contributed by atoms with Crippen LogP contribution in [0.1, 0.15) is 6.92 Å². The summed E-state index contributed by atoms with van der Waals surface area (Å²) in [7, 11) is 0. The lowest BCUT2D eigenvalue weighted by Crippen LogP contribution is -2.32. The smallest absolute Gasteiger partial charge is 0.317 e. The quantitative estimate of drug-likeness (QED) is 0.616. The molecule has 60 valence electrons. The van der Waals surface area contributed by atoms with Crippen molar-refractivity contribution in [1.82, 2.24) is 5.32 Å². The second-order valence-corrected chi connectivity index (χ2v) is 3.04. The summed E-state index contributed by atoms with van der Waals surface area (Å²) in [6.07, 6.45) is 2.00. The van der Waals surface area contributed by atoms with Crippen molar-refractivity contribution in [2.24, 2.45) is 0 Å². The third kappa shape index (κ3) is 5.91. The Balaban J connectivity index is 3.21. The molecule has 4 heteroatoms. The van der Waals surface area contributed by atoms with E-state index in [0.29, 0.717) is 0 Å². The third-order valence-electron chi connectivity index (χ3n) is 1.02. The van der Waals surface area contributed by atoms with Gasteiger partial charge in [-0.2, -0.15) is 11.8 Å². The Morgan fingerprint density at radius 2 is 2.40 bits per heavy atom. The van der Waals surface area contributed by atoms with Gasteiger partial charge in [0.05, 0.1) is 6.54 Å². The maximum atomic E-state index is 10.0. The van der Waals surface area contributed by atoms with Crippen LogP contribution in [0.2, 0.25) is 0 Å². The maximum absolute atomic E-state index is 10.0. The van der Waals surface area contributed by atoms with Crippen molar-refractivity contribution in [3.05, 3.63) is 0 Å². The summed E-state index contributed by atoms with van der Waals surface area (Å²) >= 11 is 1.71. The molecule has 0 saturated heterocycles. The van der Waals surface area contributed by atoms with E-state index in [0.717, 1.165) is 5.75 Å². The lowest BCUT2D eigenvalue weighted by atomic mass is 10.4. The molecule has 0 radical (unpaired) electrons. The molecule has 0 aromatic heterocycles. The van der Waals surface area contributed by atoms with Crippen molar-refractivity contribution in [3.8, 4) is 0 Å². The van der Waals surface area contributed by atoms with Crippen molar-refractivity contribution in [2.45, 2.75) is 13.0 Å². The van der Waals surface area contributed by atoms with E-state index >= 15 is 0 Å². The van der Waals surface area contributed by atoms with E-state index in [-0.39, 0.29) is 12.6 Å². The molecule has 0 rings (SSSR count). The van der Waals surface area contributed by atoms with Crippen molar-refractivity contribution in [1.29, 1.82) is 0 Å². The van der Waals surface area contributed by atoms with Crippen molar-refractivity contribution in [2.75, 3.05) is 18.6 Å². The number of rotatable bonds is 5. The van der Waals surface area contributed by atoms with Gasteiger partial charge in [0.15, 0.2) is 0 Å². The first kappa shape index (κ1) is 9.78. The molecule has 0 heterocycles. The first-order chi connectivity index (χ1) is 4.66. The Bertz CT molecular complexity index is 108. The lowest BCUT2D eigenvalue weighted by molar-refractivity contribution is -0.136. The van der Waals surface area contributed by atoms with Gasteiger partial charge in [-0.1, -0.05) is 0 Å². The minimum atomic E-state index is -0.798. The molecule has 3 nitrogen and oxygen atoms in total. The average molecular weight is 163 g/mol. The van der Waals surface area contributed by atoms with Crippen molar-refractivity contribution < 1.29 is 9.90 Å². The van der Waals surface area contributed by atoms with Crippen molar-refractivity contribution >= 4 is 17.7 Å². The highest BCUT2D eigenvalue weighted by atomic mass is 32.2. The second-order valence-electron chi connectivity index (χ2n) is 2.13. The van der Waals surface area contributed by atoms with E-state index in [9.17, 15) is 4.79 Å². The summed E-state index contributed by atoms with van der Waals surface area (Å²) in [5.74, 6) is 0.153. The highest BCUT2D eigenvalue weighted by Crippen LogP contribution is 1.94. The highest BCUT2D eigenvalue weighted by molar-refractivity contribution is 7.98. The molecule has 0 spiro atoms. The maximum Gasteiger partial charge on any atom is 0.317 e. The molecule has 0 aliphatic rings. The predicted molar refractivity (Wildman–Crippen MR) is 43.5 cm³/mol. The SMILES string of the molecule is CSCC(C)NCC(=O)O. The fourth-order valence-corrected chi connectivity index (χ4v) is 1.19. The molecule has 0 amide bonds. The van der Waals surface area contributed by atoms with E-state index in [1.807, 2.05) is 13.2 Å². The molecule has 0 fully saturated rings. The van der Waals surface area contributed by atoms with Gasteiger partial charge in [0.25, 0.3) is 0 Å². The Morgan fingerprint density at radius 3 is 2.80 bits per heavy atom. The van der Waals surface area contributed by atoms with Gasteiger partial charge >= 0.3 is 5.97 Å². The van der Waals surface area contributed by atoms with Crippen LogP contribution in [0.15, 0.2) is 0 Å². The van der Waals surface area contributed by atoms with Gasteiger partial charge in [0.1, 0.15) is 0 Å². The zero-order valence-corrected chi connectivity index (χ0v) is 7.07. The number of carboxylic acid groups (broad SMARTS) is 1. The van der Waals surface area contributed by atoms with Gasteiger partial charge in [0, 0.05) is 11.8 Å². The van der Waals surface area contributed by atoms with Crippen LogP contribution in [0, 0.1) is 0 Å². The first-order valence-electron chi connectivity index (χ1n) is 3.11. The van der Waals surface area contributed by atoms with Gasteiger partial charge in [-0.15, -0.1) is 0 Å². The number of aliphatic carboxylic acids is 1. The zero-order chi connectivity index (χ0) is 7.98. The number of hydrogen-bond acceptors (Lipinski definition) is 3. The summed E-state index contributed by atoms with van der Waals surface area (Å²) in [6.45, 7) is 2.03. The van der Waals surface area contributed by atoms with Gasteiger partial charge in [0.2, 0.25) is 0 Å². The molecular weight excluding hydrogens is 150 g/mol. The van der Waals surface area contributed by atoms with Crippen LogP contribution in [0.25, 0.3) is 0 Å². The van der Waals surface area contributed by atoms with E-state index in [2.05, 4.69) is 5.32 Å². The minimum absolute atomic E-state index is 0.0573. The Kier molecular flexibility index (Phi) is 5.43. The van der Waals surface area contributed by atoms with Crippen LogP contribution in [0.4, 0.5) is 0 Å². The number of thioether (sulfide) groups is 1. The molecule has 0 aromatic rings. The summed E-state index contributed by atoms with van der Waals surface area (Å²) in [4.78, 5) is 10.0. The van der Waals surface area contributed by atoms with Crippen LogP contribution in [-0.2, 0) is 4.79 Å². The monoisotopic (exact) mass is 163 g/mol. The number of hydrogen-bond donors (Lipinski definition) is 2. The molecule has 10 heavy (non-hydrogen) atoms. The van der Waals surface area contributed by atoms with E-state index in [1.165, 1.54) is 0 Å². The fourth-order valence-electron chi connectivity index (χ4n) is 0.570. The summed E-state index contributed by atoms with van der Waals surface area (Å²) in [5.41, 5.74) is 0. The molecular formula is C6H13NO2S. The molecule has 0 aliphatic heterocycles. The third-order valence-corrected chi connectivity index (χ3v) is 1.85. The second kappa shape index (κ2) is 5.56. The first-order valence-corrected chi connectivity index (χ1v) is 4.50. The summed E-state index contributed by atoms with van der Waals surface area (Å²) in [6, 6.07) is 0.283. The minimum Gasteiger partial charge on any atom is -0.480 e. The largest absolute Gasteiger partial charge is 0.480 e. The van der Waals surface area contributed by atoms with Crippen LogP contribution in [0.5, 0.6) is 0 Å². The summed E-state index contributed by atoms with van der Waals surface area (Å²) in [5, 5.41) is 11.1. The van der Waals surface area contributed by atoms with Crippen LogP contribution in [-0.4, -0.2) is 35.7 Å². The number of carbonyl (C=O) groups is 1. The van der Waals surface area contributed by atoms with Crippen LogP contribution in [0.3, 0.4) is 0 Å². The Labute approximate surface area is 65.2 Å². The van der Waals surface area contributed by atoms with Gasteiger partial charge in [-0.25, -0.2) is 0 Å². The van der Waals surface area contributed by atoms with Crippen LogP contribution < -0.4 is 5.32 Å². The highest BCUT2D eigenvalue weighted by Gasteiger charge is 2.01. The molecule has 0 bridgehead atoms. The molecule has 1 atom stereocenters. The molecule has 2 N–H and O–H groups in total. The van der Waals surface area contributed by atoms with E-state index < -0.39 is 5.97 Å². The van der Waals surface area contributed by atoms with Crippen molar-refractivity contribution in [3.63, 3.8) is 0 Å². The zero-order valence-electron chi connectivity index (χ0n) is 6.26. The fraction of sp³-hybridized carbons (Fsp3) is 0.833. The number of carboxylic acids is 1. The van der Waals surface area contributed by atoms with Gasteiger partial charge in [-0.05, 0) is 13.2 Å². The molecule has 0 saturated carbocycles. The average Bonchev–Trinajstić information content (AvgIpc) is 1.85.